The third-order valence-electron chi connectivity index (χ3n) is 3.16. The van der Waals surface area contributed by atoms with E-state index in [1.165, 1.54) is 18.4 Å². The first kappa shape index (κ1) is 15.5. The predicted octanol–water partition coefficient (Wildman–Crippen LogP) is 1.98. The van der Waals surface area contributed by atoms with Crippen LogP contribution in [0, 0.1) is 0 Å². The number of hydrogen-bond donors (Lipinski definition) is 1. The molecule has 114 valence electrons. The minimum absolute atomic E-state index is 0.251. The van der Waals surface area contributed by atoms with E-state index in [0.717, 1.165) is 17.8 Å². The van der Waals surface area contributed by atoms with Crippen molar-refractivity contribution in [3.8, 4) is 0 Å². The monoisotopic (exact) mass is 308 g/mol. The third kappa shape index (κ3) is 3.08. The lowest BCUT2D eigenvalue weighted by Crippen LogP contribution is -2.23. The normalized spacial score (nSPS) is 11.9. The van der Waals surface area contributed by atoms with Gasteiger partial charge in [0.25, 0.3) is 0 Å². The van der Waals surface area contributed by atoms with Crippen molar-refractivity contribution < 1.29 is 8.42 Å². The summed E-state index contributed by atoms with van der Waals surface area (Å²) in [6.45, 7) is 2.01. The van der Waals surface area contributed by atoms with E-state index >= 15 is 0 Å². The Bertz CT molecular complexity index is 735. The van der Waals surface area contributed by atoms with Gasteiger partial charge in [-0.3, -0.25) is 4.68 Å². The van der Waals surface area contributed by atoms with Gasteiger partial charge < -0.3 is 5.32 Å². The van der Waals surface area contributed by atoms with Gasteiger partial charge in [-0.15, -0.1) is 0 Å². The molecule has 6 nitrogen and oxygen atoms in total. The Kier molecular flexibility index (Phi) is 4.34. The summed E-state index contributed by atoms with van der Waals surface area (Å²) in [7, 11) is 1.39. The van der Waals surface area contributed by atoms with Gasteiger partial charge in [0.1, 0.15) is 4.90 Å². The molecular formula is C14H20N4O2S. The average molecular weight is 308 g/mol. The maximum Gasteiger partial charge on any atom is 0.244 e. The van der Waals surface area contributed by atoms with Crippen LogP contribution in [0.15, 0.2) is 35.4 Å². The zero-order valence-electron chi connectivity index (χ0n) is 12.7. The lowest BCUT2D eigenvalue weighted by molar-refractivity contribution is 0.521. The van der Waals surface area contributed by atoms with E-state index in [1.807, 2.05) is 20.2 Å². The molecule has 0 saturated heterocycles. The van der Waals surface area contributed by atoms with Crippen LogP contribution in [0.25, 0.3) is 0 Å². The van der Waals surface area contributed by atoms with Gasteiger partial charge in [-0.05, 0) is 18.6 Å². The molecule has 1 heterocycles. The Morgan fingerprint density at radius 1 is 1.24 bits per heavy atom. The summed E-state index contributed by atoms with van der Waals surface area (Å²) in [4.78, 5) is 0.251. The van der Waals surface area contributed by atoms with Gasteiger partial charge in [-0.2, -0.15) is 5.10 Å². The van der Waals surface area contributed by atoms with Gasteiger partial charge in [0.05, 0.1) is 17.1 Å². The SMILES string of the molecule is CCc1nn(C)cc1Nc1ccccc1S(=O)(=O)N(C)C. The number of aryl methyl sites for hydroxylation is 2. The van der Waals surface area contributed by atoms with Gasteiger partial charge in [-0.25, -0.2) is 12.7 Å². The third-order valence-corrected chi connectivity index (χ3v) is 5.03. The fourth-order valence-corrected chi connectivity index (χ4v) is 3.08. The van der Waals surface area contributed by atoms with Crippen molar-refractivity contribution >= 4 is 21.4 Å². The smallest absolute Gasteiger partial charge is 0.244 e. The minimum Gasteiger partial charge on any atom is -0.352 e. The number of rotatable bonds is 5. The van der Waals surface area contributed by atoms with E-state index in [1.54, 1.807) is 28.9 Å². The number of nitrogens with zero attached hydrogens (tertiary/aromatic N) is 3. The van der Waals surface area contributed by atoms with Crippen LogP contribution in [0.5, 0.6) is 0 Å². The van der Waals surface area contributed by atoms with Crippen molar-refractivity contribution in [3.05, 3.63) is 36.2 Å². The van der Waals surface area contributed by atoms with Crippen LogP contribution >= 0.6 is 0 Å². The van der Waals surface area contributed by atoms with Gasteiger partial charge in [0.2, 0.25) is 10.0 Å². The zero-order chi connectivity index (χ0) is 15.6. The molecule has 0 saturated carbocycles. The fourth-order valence-electron chi connectivity index (χ4n) is 2.04. The van der Waals surface area contributed by atoms with Crippen LogP contribution < -0.4 is 5.32 Å². The second kappa shape index (κ2) is 5.87. The highest BCUT2D eigenvalue weighted by Gasteiger charge is 2.21. The molecule has 0 atom stereocenters. The molecule has 21 heavy (non-hydrogen) atoms. The summed E-state index contributed by atoms with van der Waals surface area (Å²) >= 11 is 0. The summed E-state index contributed by atoms with van der Waals surface area (Å²) in [5.74, 6) is 0. The zero-order valence-corrected chi connectivity index (χ0v) is 13.5. The molecule has 7 heteroatoms. The highest BCUT2D eigenvalue weighted by atomic mass is 32.2. The molecule has 1 N–H and O–H groups in total. The molecule has 1 aromatic carbocycles. The molecule has 0 radical (unpaired) electrons. The molecule has 0 amide bonds. The van der Waals surface area contributed by atoms with Gasteiger partial charge in [-0.1, -0.05) is 19.1 Å². The molecular weight excluding hydrogens is 288 g/mol. The molecule has 0 aliphatic carbocycles. The van der Waals surface area contributed by atoms with E-state index in [9.17, 15) is 8.42 Å². The topological polar surface area (TPSA) is 67.2 Å². The van der Waals surface area contributed by atoms with E-state index in [-0.39, 0.29) is 4.90 Å². The first-order valence-corrected chi connectivity index (χ1v) is 8.11. The second-order valence-electron chi connectivity index (χ2n) is 4.93. The molecule has 0 bridgehead atoms. The predicted molar refractivity (Wildman–Crippen MR) is 83.2 cm³/mol. The quantitative estimate of drug-likeness (QED) is 0.917. The van der Waals surface area contributed by atoms with Gasteiger partial charge in [0, 0.05) is 27.3 Å². The van der Waals surface area contributed by atoms with Crippen molar-refractivity contribution in [2.75, 3.05) is 19.4 Å². The number of anilines is 2. The Morgan fingerprint density at radius 2 is 1.90 bits per heavy atom. The lowest BCUT2D eigenvalue weighted by Gasteiger charge is -2.16. The molecule has 0 spiro atoms. The van der Waals surface area contributed by atoms with Gasteiger partial charge in [0.15, 0.2) is 0 Å². The van der Waals surface area contributed by atoms with Crippen molar-refractivity contribution in [2.24, 2.45) is 7.05 Å². The molecule has 0 aliphatic rings. The van der Waals surface area contributed by atoms with E-state index in [4.69, 9.17) is 0 Å². The van der Waals surface area contributed by atoms with Crippen LogP contribution in [0.2, 0.25) is 0 Å². The Morgan fingerprint density at radius 3 is 2.52 bits per heavy atom. The minimum atomic E-state index is -3.50. The van der Waals surface area contributed by atoms with E-state index in [2.05, 4.69) is 10.4 Å². The summed E-state index contributed by atoms with van der Waals surface area (Å²) in [6, 6.07) is 6.87. The summed E-state index contributed by atoms with van der Waals surface area (Å²) in [6.07, 6.45) is 2.61. The molecule has 0 unspecified atom stereocenters. The molecule has 2 rings (SSSR count). The van der Waals surface area contributed by atoms with Crippen molar-refractivity contribution in [2.45, 2.75) is 18.2 Å². The first-order valence-electron chi connectivity index (χ1n) is 6.67. The summed E-state index contributed by atoms with van der Waals surface area (Å²) in [5.41, 5.74) is 2.27. The van der Waals surface area contributed by atoms with Crippen LogP contribution in [-0.2, 0) is 23.5 Å². The number of sulfonamides is 1. The van der Waals surface area contributed by atoms with Crippen LogP contribution in [0.4, 0.5) is 11.4 Å². The van der Waals surface area contributed by atoms with Gasteiger partial charge >= 0.3 is 0 Å². The van der Waals surface area contributed by atoms with E-state index in [0.29, 0.717) is 5.69 Å². The van der Waals surface area contributed by atoms with Crippen molar-refractivity contribution in [3.63, 3.8) is 0 Å². The molecule has 0 aliphatic heterocycles. The van der Waals surface area contributed by atoms with Crippen molar-refractivity contribution in [1.82, 2.24) is 14.1 Å². The average Bonchev–Trinajstić information content (AvgIpc) is 2.79. The number of hydrogen-bond acceptors (Lipinski definition) is 4. The molecule has 1 aromatic heterocycles. The van der Waals surface area contributed by atoms with Crippen LogP contribution in [0.3, 0.4) is 0 Å². The number of aromatic nitrogens is 2. The Labute approximate surface area is 125 Å². The highest BCUT2D eigenvalue weighted by Crippen LogP contribution is 2.27. The number of benzene rings is 1. The maximum atomic E-state index is 12.4. The molecule has 2 aromatic rings. The largest absolute Gasteiger partial charge is 0.352 e. The summed E-state index contributed by atoms with van der Waals surface area (Å²) < 4.78 is 27.7. The Balaban J connectivity index is 2.46. The second-order valence-corrected chi connectivity index (χ2v) is 7.05. The first-order chi connectivity index (χ1) is 9.86. The Hall–Kier alpha value is -1.86. The highest BCUT2D eigenvalue weighted by molar-refractivity contribution is 7.89. The van der Waals surface area contributed by atoms with Crippen LogP contribution in [0.1, 0.15) is 12.6 Å². The molecule has 0 fully saturated rings. The standard InChI is InChI=1S/C14H20N4O2S/c1-5-11-13(10-18(4)16-11)15-12-8-6-7-9-14(12)21(19,20)17(2)3/h6-10,15H,5H2,1-4H3. The summed E-state index contributed by atoms with van der Waals surface area (Å²) in [5, 5.41) is 7.53. The van der Waals surface area contributed by atoms with Crippen molar-refractivity contribution in [1.29, 1.82) is 0 Å². The fraction of sp³-hybridized carbons (Fsp3) is 0.357. The maximum absolute atomic E-state index is 12.4. The van der Waals surface area contributed by atoms with E-state index < -0.39 is 10.0 Å². The lowest BCUT2D eigenvalue weighted by atomic mass is 10.2. The number of para-hydroxylation sites is 1. The number of nitrogens with one attached hydrogen (secondary N) is 1. The van der Waals surface area contributed by atoms with Crippen LogP contribution in [-0.4, -0.2) is 36.6 Å².